The fourth-order valence-corrected chi connectivity index (χ4v) is 4.49. The van der Waals surface area contributed by atoms with Crippen LogP contribution in [0.3, 0.4) is 0 Å². The van der Waals surface area contributed by atoms with Gasteiger partial charge in [0.1, 0.15) is 5.82 Å². The van der Waals surface area contributed by atoms with Gasteiger partial charge >= 0.3 is 0 Å². The van der Waals surface area contributed by atoms with Gasteiger partial charge in [0.2, 0.25) is 16.9 Å². The van der Waals surface area contributed by atoms with Crippen molar-refractivity contribution in [1.82, 2.24) is 10.2 Å². The van der Waals surface area contributed by atoms with Gasteiger partial charge < -0.3 is 10.2 Å². The Morgan fingerprint density at radius 3 is 2.88 bits per heavy atom. The van der Waals surface area contributed by atoms with E-state index in [0.717, 1.165) is 22.9 Å². The van der Waals surface area contributed by atoms with Crippen LogP contribution in [-0.2, 0) is 9.59 Å². The van der Waals surface area contributed by atoms with Gasteiger partial charge in [0.05, 0.1) is 5.92 Å². The minimum absolute atomic E-state index is 0.125. The third-order valence-corrected chi connectivity index (χ3v) is 6.05. The Kier molecular flexibility index (Phi) is 6.20. The first-order valence-corrected chi connectivity index (χ1v) is 10.2. The zero-order valence-corrected chi connectivity index (χ0v) is 15.9. The standard InChI is InChI=1S/C17H19FN4O2S2/c1-2-3-8-25-17-21-20-16(26-17)19-15(24)11-9-14(23)22(10-11)13-6-4-12(18)5-7-13/h4-7,11H,2-3,8-10H2,1H3,(H,19,20,24)/t11-/m0/s1. The molecule has 1 aliphatic heterocycles. The van der Waals surface area contributed by atoms with E-state index >= 15 is 0 Å². The Morgan fingerprint density at radius 2 is 2.15 bits per heavy atom. The summed E-state index contributed by atoms with van der Waals surface area (Å²) in [5.41, 5.74) is 0.595. The molecule has 1 aliphatic rings. The quantitative estimate of drug-likeness (QED) is 0.441. The summed E-state index contributed by atoms with van der Waals surface area (Å²) in [5, 5.41) is 11.2. The Balaban J connectivity index is 1.57. The number of aromatic nitrogens is 2. The molecule has 0 unspecified atom stereocenters. The number of hydrogen-bond acceptors (Lipinski definition) is 6. The number of amides is 2. The van der Waals surface area contributed by atoms with Crippen LogP contribution in [0.25, 0.3) is 0 Å². The van der Waals surface area contributed by atoms with Gasteiger partial charge in [-0.3, -0.25) is 9.59 Å². The van der Waals surface area contributed by atoms with Gasteiger partial charge in [-0.25, -0.2) is 4.39 Å². The molecule has 138 valence electrons. The van der Waals surface area contributed by atoms with Crippen molar-refractivity contribution in [1.29, 1.82) is 0 Å². The maximum absolute atomic E-state index is 13.0. The molecule has 3 rings (SSSR count). The second kappa shape index (κ2) is 8.59. The lowest BCUT2D eigenvalue weighted by Gasteiger charge is -2.16. The summed E-state index contributed by atoms with van der Waals surface area (Å²) < 4.78 is 13.9. The summed E-state index contributed by atoms with van der Waals surface area (Å²) in [6, 6.07) is 5.68. The average molecular weight is 394 g/mol. The molecule has 2 amide bonds. The number of unbranched alkanes of at least 4 members (excludes halogenated alkanes) is 1. The minimum Gasteiger partial charge on any atom is -0.312 e. The Morgan fingerprint density at radius 1 is 1.38 bits per heavy atom. The van der Waals surface area contributed by atoms with Crippen molar-refractivity contribution in [3.8, 4) is 0 Å². The van der Waals surface area contributed by atoms with Crippen molar-refractivity contribution in [3.05, 3.63) is 30.1 Å². The summed E-state index contributed by atoms with van der Waals surface area (Å²) in [4.78, 5) is 26.2. The molecule has 26 heavy (non-hydrogen) atoms. The molecular formula is C17H19FN4O2S2. The number of nitrogens with one attached hydrogen (secondary N) is 1. The Labute approximate surface area is 159 Å². The lowest BCUT2D eigenvalue weighted by molar-refractivity contribution is -0.122. The van der Waals surface area contributed by atoms with E-state index in [1.165, 1.54) is 40.5 Å². The number of benzene rings is 1. The first-order valence-electron chi connectivity index (χ1n) is 8.40. The third-order valence-electron chi connectivity index (χ3n) is 3.99. The molecule has 1 fully saturated rings. The highest BCUT2D eigenvalue weighted by atomic mass is 32.2. The molecule has 6 nitrogen and oxygen atoms in total. The average Bonchev–Trinajstić information content (AvgIpc) is 3.23. The van der Waals surface area contributed by atoms with Gasteiger partial charge in [-0.1, -0.05) is 36.4 Å². The van der Waals surface area contributed by atoms with Gasteiger partial charge in [0, 0.05) is 24.4 Å². The summed E-state index contributed by atoms with van der Waals surface area (Å²) in [5.74, 6) is -0.247. The predicted molar refractivity (Wildman–Crippen MR) is 101 cm³/mol. The van der Waals surface area contributed by atoms with Gasteiger partial charge in [-0.15, -0.1) is 10.2 Å². The first-order chi connectivity index (χ1) is 12.6. The molecule has 0 aliphatic carbocycles. The Hall–Kier alpha value is -2.00. The van der Waals surface area contributed by atoms with Crippen LogP contribution in [0.2, 0.25) is 0 Å². The van der Waals surface area contributed by atoms with Crippen LogP contribution in [0.1, 0.15) is 26.2 Å². The zero-order chi connectivity index (χ0) is 18.5. The predicted octanol–water partition coefficient (Wildman–Crippen LogP) is 3.56. The lowest BCUT2D eigenvalue weighted by Crippen LogP contribution is -2.28. The number of carbonyl (C=O) groups excluding carboxylic acids is 2. The molecule has 0 radical (unpaired) electrons. The SMILES string of the molecule is CCCCSc1nnc(NC(=O)[C@H]2CC(=O)N(c3ccc(F)cc3)C2)s1. The molecule has 9 heteroatoms. The van der Waals surface area contributed by atoms with Gasteiger partial charge in [-0.05, 0) is 30.7 Å². The molecule has 2 heterocycles. The molecule has 1 aromatic heterocycles. The number of nitrogens with zero attached hydrogens (tertiary/aromatic N) is 3. The summed E-state index contributed by atoms with van der Waals surface area (Å²) >= 11 is 2.96. The van der Waals surface area contributed by atoms with Gasteiger partial charge in [-0.2, -0.15) is 0 Å². The van der Waals surface area contributed by atoms with Crippen molar-refractivity contribution in [3.63, 3.8) is 0 Å². The molecule has 0 saturated carbocycles. The van der Waals surface area contributed by atoms with Crippen LogP contribution in [0, 0.1) is 11.7 Å². The van der Waals surface area contributed by atoms with Crippen LogP contribution in [0.15, 0.2) is 28.6 Å². The van der Waals surface area contributed by atoms with Crippen molar-refractivity contribution in [2.75, 3.05) is 22.5 Å². The van der Waals surface area contributed by atoms with Crippen LogP contribution in [0.4, 0.5) is 15.2 Å². The number of halogens is 1. The zero-order valence-electron chi connectivity index (χ0n) is 14.3. The maximum Gasteiger partial charge on any atom is 0.231 e. The first kappa shape index (κ1) is 18.8. The largest absolute Gasteiger partial charge is 0.312 e. The molecule has 0 bridgehead atoms. The van der Waals surface area contributed by atoms with E-state index in [1.807, 2.05) is 0 Å². The second-order valence-corrected chi connectivity index (χ2v) is 8.27. The number of carbonyl (C=O) groups is 2. The van der Waals surface area contributed by atoms with E-state index in [2.05, 4.69) is 22.4 Å². The highest BCUT2D eigenvalue weighted by molar-refractivity contribution is 8.01. The second-order valence-electron chi connectivity index (χ2n) is 5.95. The number of rotatable bonds is 7. The summed E-state index contributed by atoms with van der Waals surface area (Å²) in [6.07, 6.45) is 2.35. The van der Waals surface area contributed by atoms with Crippen molar-refractivity contribution < 1.29 is 14.0 Å². The van der Waals surface area contributed by atoms with Crippen molar-refractivity contribution >= 4 is 45.7 Å². The lowest BCUT2D eigenvalue weighted by atomic mass is 10.1. The van der Waals surface area contributed by atoms with E-state index in [9.17, 15) is 14.0 Å². The van der Waals surface area contributed by atoms with E-state index in [1.54, 1.807) is 11.8 Å². The highest BCUT2D eigenvalue weighted by Gasteiger charge is 2.35. The number of thioether (sulfide) groups is 1. The normalized spacial score (nSPS) is 16.9. The highest BCUT2D eigenvalue weighted by Crippen LogP contribution is 2.29. The summed E-state index contributed by atoms with van der Waals surface area (Å²) in [7, 11) is 0. The number of hydrogen-bond donors (Lipinski definition) is 1. The molecule has 1 atom stereocenters. The molecule has 2 aromatic rings. The fourth-order valence-electron chi connectivity index (χ4n) is 2.58. The maximum atomic E-state index is 13.0. The smallest absolute Gasteiger partial charge is 0.231 e. The van der Waals surface area contributed by atoms with Crippen LogP contribution < -0.4 is 10.2 Å². The fraction of sp³-hybridized carbons (Fsp3) is 0.412. The van der Waals surface area contributed by atoms with Crippen molar-refractivity contribution in [2.45, 2.75) is 30.5 Å². The molecule has 1 aromatic carbocycles. The van der Waals surface area contributed by atoms with Gasteiger partial charge in [0.25, 0.3) is 0 Å². The van der Waals surface area contributed by atoms with E-state index in [4.69, 9.17) is 0 Å². The molecule has 1 N–H and O–H groups in total. The Bertz CT molecular complexity index is 781. The van der Waals surface area contributed by atoms with E-state index < -0.39 is 5.92 Å². The van der Waals surface area contributed by atoms with Crippen LogP contribution in [0.5, 0.6) is 0 Å². The van der Waals surface area contributed by atoms with Crippen LogP contribution >= 0.6 is 23.1 Å². The van der Waals surface area contributed by atoms with Crippen LogP contribution in [-0.4, -0.2) is 34.3 Å². The van der Waals surface area contributed by atoms with Gasteiger partial charge in [0.15, 0.2) is 4.34 Å². The topological polar surface area (TPSA) is 75.2 Å². The van der Waals surface area contributed by atoms with E-state index in [-0.39, 0.29) is 30.6 Å². The monoisotopic (exact) mass is 394 g/mol. The van der Waals surface area contributed by atoms with Crippen molar-refractivity contribution in [2.24, 2.45) is 5.92 Å². The molecular weight excluding hydrogens is 375 g/mol. The summed E-state index contributed by atoms with van der Waals surface area (Å²) in [6.45, 7) is 2.40. The number of anilines is 2. The van der Waals surface area contributed by atoms with E-state index in [0.29, 0.717) is 10.8 Å². The third kappa shape index (κ3) is 4.59. The molecule has 0 spiro atoms. The minimum atomic E-state index is -0.465. The molecule has 1 saturated heterocycles.